The molecule has 0 unspecified atom stereocenters. The first-order valence-corrected chi connectivity index (χ1v) is 9.82. The number of benzene rings is 2. The van der Waals surface area contributed by atoms with Gasteiger partial charge in [0.15, 0.2) is 0 Å². The number of hydrogen-bond donors (Lipinski definition) is 0. The molecule has 0 saturated carbocycles. The minimum absolute atomic E-state index is 0.0597. The van der Waals surface area contributed by atoms with Crippen molar-refractivity contribution in [3.8, 4) is 0 Å². The number of piperazine rings is 1. The van der Waals surface area contributed by atoms with Gasteiger partial charge in [-0.1, -0.05) is 11.6 Å². The summed E-state index contributed by atoms with van der Waals surface area (Å²) in [5, 5.41) is 0.646. The Kier molecular flexibility index (Phi) is 5.39. The minimum atomic E-state index is -0.508. The van der Waals surface area contributed by atoms with Gasteiger partial charge >= 0.3 is 0 Å². The molecule has 0 bridgehead atoms. The zero-order valence-electron chi connectivity index (χ0n) is 16.2. The maximum atomic E-state index is 13.6. The van der Waals surface area contributed by atoms with Crippen molar-refractivity contribution < 1.29 is 18.4 Å². The molecule has 1 saturated heterocycles. The first-order valence-electron chi connectivity index (χ1n) is 9.44. The van der Waals surface area contributed by atoms with Crippen LogP contribution in [0.4, 0.5) is 8.78 Å². The number of fused-ring (bicyclic) bond motifs is 1. The molecule has 2 amide bonds. The lowest BCUT2D eigenvalue weighted by atomic mass is 10.1. The Labute approximate surface area is 176 Å². The maximum Gasteiger partial charge on any atom is 0.255 e. The van der Waals surface area contributed by atoms with Gasteiger partial charge in [-0.15, -0.1) is 0 Å². The lowest BCUT2D eigenvalue weighted by Crippen LogP contribution is -2.50. The van der Waals surface area contributed by atoms with Crippen molar-refractivity contribution in [3.05, 3.63) is 75.9 Å². The van der Waals surface area contributed by atoms with Gasteiger partial charge in [-0.25, -0.2) is 8.78 Å². The average Bonchev–Trinajstić information content (AvgIpc) is 2.72. The maximum absolute atomic E-state index is 13.6. The Bertz CT molecular complexity index is 1160. The Hall–Kier alpha value is -3.06. The Morgan fingerprint density at radius 3 is 2.07 bits per heavy atom. The molecule has 5 nitrogen and oxygen atoms in total. The van der Waals surface area contributed by atoms with Crippen molar-refractivity contribution >= 4 is 34.3 Å². The SMILES string of the molecule is Cc1cc(C(=O)N2CCN(C(=O)c3ccc(F)cc3Cl)CC2)c2ccc(F)cc2n1. The van der Waals surface area contributed by atoms with E-state index < -0.39 is 11.6 Å². The van der Waals surface area contributed by atoms with Crippen molar-refractivity contribution in [1.29, 1.82) is 0 Å². The molecule has 1 aliphatic heterocycles. The fourth-order valence-electron chi connectivity index (χ4n) is 3.63. The number of carbonyl (C=O) groups excluding carboxylic acids is 2. The minimum Gasteiger partial charge on any atom is -0.335 e. The fourth-order valence-corrected chi connectivity index (χ4v) is 3.88. The molecule has 1 fully saturated rings. The van der Waals surface area contributed by atoms with E-state index in [0.717, 1.165) is 6.07 Å². The highest BCUT2D eigenvalue weighted by molar-refractivity contribution is 6.33. The molecule has 2 aromatic carbocycles. The summed E-state index contributed by atoms with van der Waals surface area (Å²) in [6.45, 7) is 3.09. The van der Waals surface area contributed by atoms with E-state index in [9.17, 15) is 18.4 Å². The summed E-state index contributed by atoms with van der Waals surface area (Å²) in [6, 6.07) is 9.52. The second kappa shape index (κ2) is 7.99. The molecule has 0 spiro atoms. The normalized spacial score (nSPS) is 14.3. The Balaban J connectivity index is 1.51. The zero-order chi connectivity index (χ0) is 21.4. The highest BCUT2D eigenvalue weighted by atomic mass is 35.5. The van der Waals surface area contributed by atoms with Gasteiger partial charge in [0.1, 0.15) is 11.6 Å². The van der Waals surface area contributed by atoms with Gasteiger partial charge < -0.3 is 9.80 Å². The lowest BCUT2D eigenvalue weighted by Gasteiger charge is -2.35. The first kappa shape index (κ1) is 20.2. The van der Waals surface area contributed by atoms with Crippen molar-refractivity contribution in [2.45, 2.75) is 6.92 Å². The van der Waals surface area contributed by atoms with Gasteiger partial charge in [0.25, 0.3) is 11.8 Å². The van der Waals surface area contributed by atoms with Crippen molar-refractivity contribution in [2.24, 2.45) is 0 Å². The number of nitrogens with zero attached hydrogens (tertiary/aromatic N) is 3. The molecule has 8 heteroatoms. The van der Waals surface area contributed by atoms with Crippen LogP contribution in [-0.4, -0.2) is 52.8 Å². The molecule has 0 atom stereocenters. The zero-order valence-corrected chi connectivity index (χ0v) is 16.9. The predicted molar refractivity (Wildman–Crippen MR) is 110 cm³/mol. The Morgan fingerprint density at radius 1 is 0.867 bits per heavy atom. The van der Waals surface area contributed by atoms with E-state index in [-0.39, 0.29) is 22.4 Å². The van der Waals surface area contributed by atoms with E-state index in [0.29, 0.717) is 48.3 Å². The van der Waals surface area contributed by atoms with Crippen LogP contribution in [0.1, 0.15) is 26.4 Å². The smallest absolute Gasteiger partial charge is 0.255 e. The molecule has 154 valence electrons. The number of rotatable bonds is 2. The highest BCUT2D eigenvalue weighted by Crippen LogP contribution is 2.23. The molecule has 3 aromatic rings. The molecule has 0 aliphatic carbocycles. The van der Waals surface area contributed by atoms with Gasteiger partial charge in [0.05, 0.1) is 21.7 Å². The van der Waals surface area contributed by atoms with Gasteiger partial charge in [-0.2, -0.15) is 0 Å². The molecule has 0 N–H and O–H groups in total. The summed E-state index contributed by atoms with van der Waals surface area (Å²) in [5.41, 5.74) is 1.74. The van der Waals surface area contributed by atoms with Crippen LogP contribution in [0, 0.1) is 18.6 Å². The second-order valence-corrected chi connectivity index (χ2v) is 7.59. The largest absolute Gasteiger partial charge is 0.335 e. The molecular formula is C22H18ClF2N3O2. The lowest BCUT2D eigenvalue weighted by molar-refractivity contribution is 0.0536. The summed E-state index contributed by atoms with van der Waals surface area (Å²) in [4.78, 5) is 33.4. The van der Waals surface area contributed by atoms with Crippen LogP contribution in [0.2, 0.25) is 5.02 Å². The summed E-state index contributed by atoms with van der Waals surface area (Å²) in [7, 11) is 0. The monoisotopic (exact) mass is 429 g/mol. The van der Waals surface area contributed by atoms with E-state index in [1.54, 1.807) is 28.9 Å². The number of carbonyl (C=O) groups is 2. The second-order valence-electron chi connectivity index (χ2n) is 7.18. The number of halogens is 3. The third-order valence-corrected chi connectivity index (χ3v) is 5.46. The standard InChI is InChI=1S/C22H18ClF2N3O2/c1-13-10-18(16-4-2-15(25)12-20(16)26-13)22(30)28-8-6-27(7-9-28)21(29)17-5-3-14(24)11-19(17)23/h2-5,10-12H,6-9H2,1H3. The van der Waals surface area contributed by atoms with Crippen LogP contribution in [0.25, 0.3) is 10.9 Å². The fraction of sp³-hybridized carbons (Fsp3) is 0.227. The number of aryl methyl sites for hydroxylation is 1. The van der Waals surface area contributed by atoms with Crippen LogP contribution in [0.5, 0.6) is 0 Å². The van der Waals surface area contributed by atoms with Gasteiger partial charge in [0, 0.05) is 43.3 Å². The van der Waals surface area contributed by atoms with Crippen molar-refractivity contribution in [1.82, 2.24) is 14.8 Å². The summed E-state index contributed by atoms with van der Waals surface area (Å²) < 4.78 is 26.8. The molecule has 30 heavy (non-hydrogen) atoms. The highest BCUT2D eigenvalue weighted by Gasteiger charge is 2.27. The third-order valence-electron chi connectivity index (χ3n) is 5.15. The van der Waals surface area contributed by atoms with Gasteiger partial charge in [-0.3, -0.25) is 14.6 Å². The number of hydrogen-bond acceptors (Lipinski definition) is 3. The molecular weight excluding hydrogens is 412 g/mol. The number of pyridine rings is 1. The van der Waals surface area contributed by atoms with E-state index in [4.69, 9.17) is 11.6 Å². The van der Waals surface area contributed by atoms with Crippen LogP contribution in [-0.2, 0) is 0 Å². The molecule has 1 aromatic heterocycles. The molecule has 1 aliphatic rings. The molecule has 2 heterocycles. The van der Waals surface area contributed by atoms with Gasteiger partial charge in [0.2, 0.25) is 0 Å². The quantitative estimate of drug-likeness (QED) is 0.617. The Morgan fingerprint density at radius 2 is 1.43 bits per heavy atom. The van der Waals surface area contributed by atoms with Crippen LogP contribution in [0.3, 0.4) is 0 Å². The van der Waals surface area contributed by atoms with Gasteiger partial charge in [-0.05, 0) is 43.3 Å². The average molecular weight is 430 g/mol. The number of aromatic nitrogens is 1. The third kappa shape index (κ3) is 3.85. The van der Waals surface area contributed by atoms with Crippen molar-refractivity contribution in [2.75, 3.05) is 26.2 Å². The topological polar surface area (TPSA) is 53.5 Å². The molecule has 4 rings (SSSR count). The van der Waals surface area contributed by atoms with E-state index in [2.05, 4.69) is 4.98 Å². The first-order chi connectivity index (χ1) is 14.3. The van der Waals surface area contributed by atoms with E-state index >= 15 is 0 Å². The van der Waals surface area contributed by atoms with E-state index in [1.165, 1.54) is 24.3 Å². The number of amides is 2. The van der Waals surface area contributed by atoms with E-state index in [1.807, 2.05) is 0 Å². The van der Waals surface area contributed by atoms with Crippen molar-refractivity contribution in [3.63, 3.8) is 0 Å². The van der Waals surface area contributed by atoms with Crippen LogP contribution < -0.4 is 0 Å². The predicted octanol–water partition coefficient (Wildman–Crippen LogP) is 4.07. The summed E-state index contributed by atoms with van der Waals surface area (Å²) in [5.74, 6) is -1.41. The molecule has 0 radical (unpaired) electrons. The summed E-state index contributed by atoms with van der Waals surface area (Å²) >= 11 is 6.00. The summed E-state index contributed by atoms with van der Waals surface area (Å²) in [6.07, 6.45) is 0. The van der Waals surface area contributed by atoms with Crippen LogP contribution >= 0.6 is 11.6 Å². The van der Waals surface area contributed by atoms with Crippen LogP contribution in [0.15, 0.2) is 42.5 Å².